The SMILES string of the molecule is CCn1c(COc2ccc(Cl)cc2)nnc1SCc1cc(=O)c2cccc(F)c2[nH]1. The van der Waals surface area contributed by atoms with Crippen LogP contribution >= 0.6 is 23.4 Å². The molecule has 0 radical (unpaired) electrons. The first-order chi connectivity index (χ1) is 14.5. The van der Waals surface area contributed by atoms with Gasteiger partial charge in [-0.1, -0.05) is 29.4 Å². The summed E-state index contributed by atoms with van der Waals surface area (Å²) in [5, 5.41) is 10.1. The van der Waals surface area contributed by atoms with Gasteiger partial charge in [-0.3, -0.25) is 4.79 Å². The highest BCUT2D eigenvalue weighted by Crippen LogP contribution is 2.23. The van der Waals surface area contributed by atoms with Crippen LogP contribution in [0.15, 0.2) is 58.5 Å². The number of thioether (sulfide) groups is 1. The molecule has 0 aliphatic heterocycles. The first kappa shape index (κ1) is 20.4. The lowest BCUT2D eigenvalue weighted by atomic mass is 10.2. The Morgan fingerprint density at radius 1 is 1.20 bits per heavy atom. The molecule has 0 saturated heterocycles. The Balaban J connectivity index is 1.49. The van der Waals surface area contributed by atoms with E-state index in [9.17, 15) is 9.18 Å². The van der Waals surface area contributed by atoms with Crippen LogP contribution in [0.3, 0.4) is 0 Å². The number of nitrogens with one attached hydrogen (secondary N) is 1. The van der Waals surface area contributed by atoms with Crippen molar-refractivity contribution >= 4 is 34.3 Å². The third-order valence-corrected chi connectivity index (χ3v) is 5.79. The molecule has 9 heteroatoms. The van der Waals surface area contributed by atoms with Gasteiger partial charge in [-0.05, 0) is 43.3 Å². The first-order valence-electron chi connectivity index (χ1n) is 9.29. The molecule has 0 atom stereocenters. The molecule has 0 fully saturated rings. The summed E-state index contributed by atoms with van der Waals surface area (Å²) in [6, 6.07) is 13.1. The minimum absolute atomic E-state index is 0.215. The van der Waals surface area contributed by atoms with Crippen LogP contribution in [-0.2, 0) is 18.9 Å². The maximum absolute atomic E-state index is 14.1. The smallest absolute Gasteiger partial charge is 0.191 e. The van der Waals surface area contributed by atoms with E-state index in [1.165, 1.54) is 30.0 Å². The highest BCUT2D eigenvalue weighted by molar-refractivity contribution is 7.98. The topological polar surface area (TPSA) is 72.8 Å². The Hall–Kier alpha value is -2.84. The zero-order chi connectivity index (χ0) is 21.1. The lowest BCUT2D eigenvalue weighted by Gasteiger charge is -2.09. The summed E-state index contributed by atoms with van der Waals surface area (Å²) in [6.45, 7) is 2.92. The molecule has 0 aliphatic carbocycles. The molecule has 0 amide bonds. The second-order valence-corrected chi connectivity index (χ2v) is 7.87. The maximum Gasteiger partial charge on any atom is 0.191 e. The zero-order valence-corrected chi connectivity index (χ0v) is 17.6. The van der Waals surface area contributed by atoms with E-state index in [2.05, 4.69) is 15.2 Å². The molecular formula is C21H18ClFN4O2S. The molecule has 2 heterocycles. The van der Waals surface area contributed by atoms with Crippen LogP contribution in [0.4, 0.5) is 4.39 Å². The van der Waals surface area contributed by atoms with Gasteiger partial charge in [0, 0.05) is 34.5 Å². The van der Waals surface area contributed by atoms with Gasteiger partial charge < -0.3 is 14.3 Å². The van der Waals surface area contributed by atoms with Crippen molar-refractivity contribution in [2.45, 2.75) is 31.0 Å². The number of fused-ring (bicyclic) bond motifs is 1. The van der Waals surface area contributed by atoms with Crippen molar-refractivity contribution in [1.29, 1.82) is 0 Å². The van der Waals surface area contributed by atoms with Gasteiger partial charge in [-0.2, -0.15) is 0 Å². The van der Waals surface area contributed by atoms with Crippen molar-refractivity contribution in [1.82, 2.24) is 19.7 Å². The Morgan fingerprint density at radius 3 is 2.77 bits per heavy atom. The third kappa shape index (κ3) is 4.34. The van der Waals surface area contributed by atoms with Crippen molar-refractivity contribution in [2.75, 3.05) is 0 Å². The summed E-state index contributed by atoms with van der Waals surface area (Å²) in [7, 11) is 0. The minimum Gasteiger partial charge on any atom is -0.486 e. The van der Waals surface area contributed by atoms with E-state index in [-0.39, 0.29) is 17.6 Å². The Bertz CT molecular complexity index is 1240. The summed E-state index contributed by atoms with van der Waals surface area (Å²) >= 11 is 7.30. The van der Waals surface area contributed by atoms with Crippen LogP contribution in [0, 0.1) is 5.82 Å². The number of aromatic nitrogens is 4. The number of H-pyrrole nitrogens is 1. The molecule has 154 valence electrons. The van der Waals surface area contributed by atoms with Gasteiger partial charge >= 0.3 is 0 Å². The number of rotatable bonds is 7. The average Bonchev–Trinajstić information content (AvgIpc) is 3.14. The van der Waals surface area contributed by atoms with E-state index >= 15 is 0 Å². The number of aromatic amines is 1. The molecule has 2 aromatic carbocycles. The van der Waals surface area contributed by atoms with Crippen LogP contribution in [0.2, 0.25) is 5.02 Å². The van der Waals surface area contributed by atoms with E-state index in [0.717, 1.165) is 0 Å². The molecule has 0 saturated carbocycles. The van der Waals surface area contributed by atoms with E-state index in [0.29, 0.717) is 45.1 Å². The summed E-state index contributed by atoms with van der Waals surface area (Å²) in [6.07, 6.45) is 0. The van der Waals surface area contributed by atoms with Crippen molar-refractivity contribution < 1.29 is 9.13 Å². The molecular weight excluding hydrogens is 427 g/mol. The van der Waals surface area contributed by atoms with Crippen LogP contribution in [0.1, 0.15) is 18.4 Å². The highest BCUT2D eigenvalue weighted by Gasteiger charge is 2.13. The molecule has 0 unspecified atom stereocenters. The first-order valence-corrected chi connectivity index (χ1v) is 10.6. The fraction of sp³-hybridized carbons (Fsp3) is 0.190. The second kappa shape index (κ2) is 8.89. The van der Waals surface area contributed by atoms with Gasteiger partial charge in [0.15, 0.2) is 16.4 Å². The molecule has 0 aliphatic rings. The quantitative estimate of drug-likeness (QED) is 0.414. The van der Waals surface area contributed by atoms with Crippen LogP contribution in [-0.4, -0.2) is 19.7 Å². The predicted octanol–water partition coefficient (Wildman–Crippen LogP) is 4.80. The van der Waals surface area contributed by atoms with Crippen LogP contribution in [0.25, 0.3) is 10.9 Å². The van der Waals surface area contributed by atoms with E-state index in [1.807, 2.05) is 11.5 Å². The number of benzene rings is 2. The molecule has 1 N–H and O–H groups in total. The molecule has 2 aromatic heterocycles. The number of para-hydroxylation sites is 1. The largest absolute Gasteiger partial charge is 0.486 e. The Kier molecular flexibility index (Phi) is 6.06. The van der Waals surface area contributed by atoms with Crippen LogP contribution in [0.5, 0.6) is 5.75 Å². The maximum atomic E-state index is 14.1. The van der Waals surface area contributed by atoms with E-state index in [1.54, 1.807) is 30.3 Å². The van der Waals surface area contributed by atoms with Gasteiger partial charge in [0.2, 0.25) is 0 Å². The summed E-state index contributed by atoms with van der Waals surface area (Å²) in [5.41, 5.74) is 0.620. The van der Waals surface area contributed by atoms with Crippen LogP contribution < -0.4 is 10.2 Å². The number of hydrogen-bond acceptors (Lipinski definition) is 5. The zero-order valence-electron chi connectivity index (χ0n) is 16.1. The molecule has 30 heavy (non-hydrogen) atoms. The van der Waals surface area contributed by atoms with Gasteiger partial charge in [-0.15, -0.1) is 10.2 Å². The fourth-order valence-corrected chi connectivity index (χ4v) is 4.09. The molecule has 0 bridgehead atoms. The predicted molar refractivity (Wildman–Crippen MR) is 116 cm³/mol. The number of pyridine rings is 1. The van der Waals surface area contributed by atoms with Gasteiger partial charge in [0.1, 0.15) is 18.2 Å². The number of hydrogen-bond donors (Lipinski definition) is 1. The summed E-state index contributed by atoms with van der Waals surface area (Å²) < 4.78 is 21.8. The molecule has 4 rings (SSSR count). The molecule has 4 aromatic rings. The number of nitrogens with zero attached hydrogens (tertiary/aromatic N) is 3. The van der Waals surface area contributed by atoms with Gasteiger partial charge in [0.25, 0.3) is 0 Å². The van der Waals surface area contributed by atoms with Crippen molar-refractivity contribution in [2.24, 2.45) is 0 Å². The molecule has 6 nitrogen and oxygen atoms in total. The van der Waals surface area contributed by atoms with Crippen molar-refractivity contribution in [3.05, 3.63) is 81.1 Å². The van der Waals surface area contributed by atoms with Crippen molar-refractivity contribution in [3.63, 3.8) is 0 Å². The van der Waals surface area contributed by atoms with E-state index in [4.69, 9.17) is 16.3 Å². The average molecular weight is 445 g/mol. The normalized spacial score (nSPS) is 11.2. The monoisotopic (exact) mass is 444 g/mol. The van der Waals surface area contributed by atoms with Gasteiger partial charge in [-0.25, -0.2) is 4.39 Å². The lowest BCUT2D eigenvalue weighted by molar-refractivity contribution is 0.288. The molecule has 0 spiro atoms. The summed E-state index contributed by atoms with van der Waals surface area (Å²) in [4.78, 5) is 15.3. The third-order valence-electron chi connectivity index (χ3n) is 4.52. The number of halogens is 2. The second-order valence-electron chi connectivity index (χ2n) is 6.50. The van der Waals surface area contributed by atoms with Crippen molar-refractivity contribution in [3.8, 4) is 5.75 Å². The Morgan fingerprint density at radius 2 is 2.00 bits per heavy atom. The van der Waals surface area contributed by atoms with E-state index < -0.39 is 5.82 Å². The Labute approximate surface area is 181 Å². The standard InChI is InChI=1S/C21H18ClFN4O2S/c1-2-27-19(11-29-15-8-6-13(22)7-9-15)25-26-21(27)30-12-14-10-18(28)16-4-3-5-17(23)20(16)24-14/h3-10H,2,11-12H2,1H3,(H,24,28). The highest BCUT2D eigenvalue weighted by atomic mass is 35.5. The van der Waals surface area contributed by atoms with Gasteiger partial charge in [0.05, 0.1) is 5.52 Å². The lowest BCUT2D eigenvalue weighted by Crippen LogP contribution is -2.08. The fourth-order valence-electron chi connectivity index (χ4n) is 3.04. The minimum atomic E-state index is -0.449. The summed E-state index contributed by atoms with van der Waals surface area (Å²) in [5.74, 6) is 1.35. The number of ether oxygens (including phenoxy) is 1.